The molecule has 2 aliphatic heterocycles. The first-order valence-electron chi connectivity index (χ1n) is 13.3. The Morgan fingerprint density at radius 3 is 2.44 bits per heavy atom. The molecule has 13 heteroatoms. The van der Waals surface area contributed by atoms with Crippen LogP contribution in [0.2, 0.25) is 5.02 Å². The molecule has 222 valence electrons. The number of anilines is 1. The van der Waals surface area contributed by atoms with E-state index in [9.17, 15) is 22.8 Å². The van der Waals surface area contributed by atoms with Crippen LogP contribution in [-0.4, -0.2) is 88.0 Å². The van der Waals surface area contributed by atoms with Crippen LogP contribution in [0.3, 0.4) is 0 Å². The Bertz CT molecular complexity index is 1390. The molecule has 4 rings (SSSR count). The standard InChI is InChI=1S/C28H35ClN4O7S/c1-28(2,3)40-27(36)31-22-18-41(37,38)24-9-6-20(25(34)30-10-11-32-12-14-39-15-13-32)16-23(24)33(26(22)35)17-19-4-7-21(29)8-5-19/h4-9,16,22H,10-15,17-18H2,1-3H3,(H,30,34)(H,31,36)/t22-/m0/s1. The largest absolute Gasteiger partial charge is 0.444 e. The van der Waals surface area contributed by atoms with E-state index < -0.39 is 45.1 Å². The Kier molecular flexibility index (Phi) is 9.58. The molecule has 2 aliphatic rings. The molecule has 0 aliphatic carbocycles. The van der Waals surface area contributed by atoms with E-state index in [1.54, 1.807) is 45.0 Å². The van der Waals surface area contributed by atoms with Crippen LogP contribution in [0.1, 0.15) is 36.7 Å². The molecule has 1 saturated heterocycles. The third-order valence-electron chi connectivity index (χ3n) is 6.56. The Morgan fingerprint density at radius 2 is 1.78 bits per heavy atom. The second-order valence-electron chi connectivity index (χ2n) is 10.9. The third kappa shape index (κ3) is 8.19. The zero-order valence-electron chi connectivity index (χ0n) is 23.3. The lowest BCUT2D eigenvalue weighted by Crippen LogP contribution is -2.51. The highest BCUT2D eigenvalue weighted by molar-refractivity contribution is 7.91. The first-order chi connectivity index (χ1) is 19.3. The number of hydrogen-bond acceptors (Lipinski definition) is 8. The number of nitrogens with one attached hydrogen (secondary N) is 2. The number of carbonyl (C=O) groups is 3. The van der Waals surface area contributed by atoms with Crippen molar-refractivity contribution >= 4 is 45.0 Å². The van der Waals surface area contributed by atoms with E-state index >= 15 is 0 Å². The van der Waals surface area contributed by atoms with Crippen molar-refractivity contribution in [3.63, 3.8) is 0 Å². The van der Waals surface area contributed by atoms with Crippen molar-refractivity contribution in [1.29, 1.82) is 0 Å². The van der Waals surface area contributed by atoms with Gasteiger partial charge in [0.05, 0.1) is 36.1 Å². The summed E-state index contributed by atoms with van der Waals surface area (Å²) < 4.78 is 37.6. The summed E-state index contributed by atoms with van der Waals surface area (Å²) >= 11 is 6.03. The van der Waals surface area contributed by atoms with Gasteiger partial charge in [0.15, 0.2) is 9.84 Å². The summed E-state index contributed by atoms with van der Waals surface area (Å²) in [5.74, 6) is -1.72. The summed E-state index contributed by atoms with van der Waals surface area (Å²) in [6.07, 6.45) is -0.913. The minimum atomic E-state index is -4.06. The van der Waals surface area contributed by atoms with Gasteiger partial charge in [-0.15, -0.1) is 0 Å². The van der Waals surface area contributed by atoms with Gasteiger partial charge in [0.1, 0.15) is 11.6 Å². The smallest absolute Gasteiger partial charge is 0.408 e. The number of benzene rings is 2. The molecular formula is C28H35ClN4O7S. The van der Waals surface area contributed by atoms with Gasteiger partial charge in [0, 0.05) is 36.8 Å². The van der Waals surface area contributed by atoms with Gasteiger partial charge in [0.2, 0.25) is 0 Å². The maximum absolute atomic E-state index is 13.8. The van der Waals surface area contributed by atoms with E-state index in [1.807, 2.05) is 0 Å². The van der Waals surface area contributed by atoms with Crippen LogP contribution >= 0.6 is 11.6 Å². The first-order valence-corrected chi connectivity index (χ1v) is 15.4. The summed E-state index contributed by atoms with van der Waals surface area (Å²) in [7, 11) is -4.06. The van der Waals surface area contributed by atoms with Crippen molar-refractivity contribution in [1.82, 2.24) is 15.5 Å². The average Bonchev–Trinajstić information content (AvgIpc) is 2.97. The number of hydrogen-bond donors (Lipinski definition) is 2. The van der Waals surface area contributed by atoms with Crippen LogP contribution in [-0.2, 0) is 30.7 Å². The molecule has 2 N–H and O–H groups in total. The SMILES string of the molecule is CC(C)(C)OC(=O)N[C@H]1CS(=O)(=O)c2ccc(C(=O)NCCN3CCOCC3)cc2N(Cc2ccc(Cl)cc2)C1=O. The number of amides is 3. The van der Waals surface area contributed by atoms with Gasteiger partial charge in [-0.2, -0.15) is 0 Å². The molecule has 1 atom stereocenters. The predicted molar refractivity (Wildman–Crippen MR) is 154 cm³/mol. The molecular weight excluding hydrogens is 572 g/mol. The van der Waals surface area contributed by atoms with Crippen LogP contribution in [0.5, 0.6) is 0 Å². The molecule has 11 nitrogen and oxygen atoms in total. The van der Waals surface area contributed by atoms with Crippen molar-refractivity contribution in [2.24, 2.45) is 0 Å². The highest BCUT2D eigenvalue weighted by Gasteiger charge is 2.39. The lowest BCUT2D eigenvalue weighted by atomic mass is 10.1. The predicted octanol–water partition coefficient (Wildman–Crippen LogP) is 2.62. The second kappa shape index (κ2) is 12.8. The lowest BCUT2D eigenvalue weighted by molar-refractivity contribution is -0.120. The van der Waals surface area contributed by atoms with Crippen molar-refractivity contribution < 1.29 is 32.3 Å². The molecule has 2 aromatic carbocycles. The van der Waals surface area contributed by atoms with Gasteiger partial charge in [-0.25, -0.2) is 13.2 Å². The van der Waals surface area contributed by atoms with E-state index in [1.165, 1.54) is 23.1 Å². The maximum Gasteiger partial charge on any atom is 0.408 e. The first kappa shape index (κ1) is 30.8. The van der Waals surface area contributed by atoms with E-state index in [-0.39, 0.29) is 22.7 Å². The van der Waals surface area contributed by atoms with Gasteiger partial charge in [0.25, 0.3) is 11.8 Å². The molecule has 2 heterocycles. The van der Waals surface area contributed by atoms with Gasteiger partial charge >= 0.3 is 6.09 Å². The van der Waals surface area contributed by atoms with E-state index in [2.05, 4.69) is 15.5 Å². The molecule has 1 fully saturated rings. The third-order valence-corrected chi connectivity index (χ3v) is 8.60. The fourth-order valence-corrected chi connectivity index (χ4v) is 6.30. The van der Waals surface area contributed by atoms with E-state index in [0.717, 1.165) is 13.1 Å². The minimum absolute atomic E-state index is 0.0207. The molecule has 0 unspecified atom stereocenters. The van der Waals surface area contributed by atoms with Gasteiger partial charge < -0.3 is 25.0 Å². The zero-order valence-corrected chi connectivity index (χ0v) is 24.9. The average molecular weight is 607 g/mol. The quantitative estimate of drug-likeness (QED) is 0.491. The summed E-state index contributed by atoms with van der Waals surface area (Å²) in [6.45, 7) is 8.87. The number of ether oxygens (including phenoxy) is 2. The summed E-state index contributed by atoms with van der Waals surface area (Å²) in [5, 5.41) is 5.80. The van der Waals surface area contributed by atoms with Crippen molar-refractivity contribution in [2.75, 3.05) is 50.0 Å². The van der Waals surface area contributed by atoms with Crippen molar-refractivity contribution in [2.45, 2.75) is 43.9 Å². The Hall–Kier alpha value is -3.19. The van der Waals surface area contributed by atoms with Crippen LogP contribution < -0.4 is 15.5 Å². The molecule has 41 heavy (non-hydrogen) atoms. The maximum atomic E-state index is 13.8. The van der Waals surface area contributed by atoms with Crippen LogP contribution in [0.15, 0.2) is 47.4 Å². The molecule has 0 aromatic heterocycles. The number of nitrogens with zero attached hydrogens (tertiary/aromatic N) is 2. The Morgan fingerprint density at radius 1 is 1.10 bits per heavy atom. The van der Waals surface area contributed by atoms with E-state index in [0.29, 0.717) is 36.9 Å². The highest BCUT2D eigenvalue weighted by atomic mass is 35.5. The summed E-state index contributed by atoms with van der Waals surface area (Å²) in [5.41, 5.74) is 0.0734. The number of alkyl carbamates (subject to hydrolysis) is 1. The second-order valence-corrected chi connectivity index (χ2v) is 13.4. The summed E-state index contributed by atoms with van der Waals surface area (Å²) in [4.78, 5) is 42.8. The molecule has 0 radical (unpaired) electrons. The number of morpholine rings is 1. The minimum Gasteiger partial charge on any atom is -0.444 e. The van der Waals surface area contributed by atoms with E-state index in [4.69, 9.17) is 21.1 Å². The highest BCUT2D eigenvalue weighted by Crippen LogP contribution is 2.33. The monoisotopic (exact) mass is 606 g/mol. The van der Waals surface area contributed by atoms with Crippen LogP contribution in [0.25, 0.3) is 0 Å². The summed E-state index contributed by atoms with van der Waals surface area (Å²) in [6, 6.07) is 9.49. The van der Waals surface area contributed by atoms with Crippen LogP contribution in [0, 0.1) is 0 Å². The molecule has 0 bridgehead atoms. The van der Waals surface area contributed by atoms with Crippen molar-refractivity contribution in [3.8, 4) is 0 Å². The van der Waals surface area contributed by atoms with Crippen LogP contribution in [0.4, 0.5) is 10.5 Å². The van der Waals surface area contributed by atoms with Gasteiger partial charge in [-0.3, -0.25) is 14.5 Å². The molecule has 0 saturated carbocycles. The number of rotatable bonds is 7. The Balaban J connectivity index is 1.64. The fourth-order valence-electron chi connectivity index (χ4n) is 4.56. The van der Waals surface area contributed by atoms with Gasteiger partial charge in [-0.1, -0.05) is 23.7 Å². The fraction of sp³-hybridized carbons (Fsp3) is 0.464. The molecule has 0 spiro atoms. The lowest BCUT2D eigenvalue weighted by Gasteiger charge is -2.27. The molecule has 3 amide bonds. The zero-order chi connectivity index (χ0) is 29.8. The van der Waals surface area contributed by atoms with Gasteiger partial charge in [-0.05, 0) is 56.7 Å². The Labute approximate surface area is 245 Å². The number of carbonyl (C=O) groups excluding carboxylic acids is 3. The number of sulfone groups is 1. The molecule has 2 aromatic rings. The number of fused-ring (bicyclic) bond motifs is 1. The number of halogens is 1. The normalized spacial score (nSPS) is 19.2. The topological polar surface area (TPSA) is 134 Å². The van der Waals surface area contributed by atoms with Crippen molar-refractivity contribution in [3.05, 3.63) is 58.6 Å².